The van der Waals surface area contributed by atoms with Crippen LogP contribution in [0.4, 0.5) is 6.01 Å². The van der Waals surface area contributed by atoms with Crippen LogP contribution in [0.25, 0.3) is 0 Å². The first-order chi connectivity index (χ1) is 8.87. The molecule has 4 rings (SSSR count). The van der Waals surface area contributed by atoms with Crippen molar-refractivity contribution in [3.63, 3.8) is 0 Å². The van der Waals surface area contributed by atoms with E-state index in [0.717, 1.165) is 31.3 Å². The summed E-state index contributed by atoms with van der Waals surface area (Å²) in [5, 5.41) is 3.45. The van der Waals surface area contributed by atoms with Gasteiger partial charge in [-0.3, -0.25) is 0 Å². The van der Waals surface area contributed by atoms with Crippen LogP contribution < -0.4 is 10.2 Å². The van der Waals surface area contributed by atoms with Crippen LogP contribution in [0, 0.1) is 0 Å². The van der Waals surface area contributed by atoms with Crippen LogP contribution in [-0.2, 0) is 11.3 Å². The highest BCUT2D eigenvalue weighted by Crippen LogP contribution is 2.29. The van der Waals surface area contributed by atoms with Gasteiger partial charge >= 0.3 is 0 Å². The molecule has 2 bridgehead atoms. The van der Waals surface area contributed by atoms with Gasteiger partial charge in [0.1, 0.15) is 6.26 Å². The molecular formula is C13H19N3O2. The summed E-state index contributed by atoms with van der Waals surface area (Å²) in [4.78, 5) is 6.80. The molecule has 1 N–H and O–H groups in total. The van der Waals surface area contributed by atoms with Crippen LogP contribution in [0.2, 0.25) is 0 Å². The molecule has 3 fully saturated rings. The van der Waals surface area contributed by atoms with Gasteiger partial charge in [-0.1, -0.05) is 0 Å². The quantitative estimate of drug-likeness (QED) is 0.871. The zero-order valence-corrected chi connectivity index (χ0v) is 10.5. The number of nitrogens with zero attached hydrogens (tertiary/aromatic N) is 2. The van der Waals surface area contributed by atoms with Crippen LogP contribution in [0.15, 0.2) is 10.7 Å². The van der Waals surface area contributed by atoms with Crippen molar-refractivity contribution in [3.05, 3.63) is 12.0 Å². The Balaban J connectivity index is 1.41. The lowest BCUT2D eigenvalue weighted by Gasteiger charge is -2.30. The van der Waals surface area contributed by atoms with Gasteiger partial charge in [0, 0.05) is 25.7 Å². The van der Waals surface area contributed by atoms with Crippen molar-refractivity contribution in [3.8, 4) is 0 Å². The molecule has 1 aromatic heterocycles. The molecule has 1 aromatic rings. The second-order valence-electron chi connectivity index (χ2n) is 5.64. The van der Waals surface area contributed by atoms with Gasteiger partial charge in [-0.05, 0) is 25.7 Å². The summed E-state index contributed by atoms with van der Waals surface area (Å²) in [6, 6.07) is 1.48. The van der Waals surface area contributed by atoms with E-state index in [9.17, 15) is 0 Å². The van der Waals surface area contributed by atoms with Crippen LogP contribution in [0.1, 0.15) is 31.4 Å². The maximum Gasteiger partial charge on any atom is 0.297 e. The number of hydrogen-bond acceptors (Lipinski definition) is 5. The van der Waals surface area contributed by atoms with E-state index in [1.165, 1.54) is 25.7 Å². The molecule has 98 valence electrons. The van der Waals surface area contributed by atoms with E-state index in [4.69, 9.17) is 9.15 Å². The molecule has 5 nitrogen and oxygen atoms in total. The average molecular weight is 249 g/mol. The largest absolute Gasteiger partial charge is 0.432 e. The number of ether oxygens (including phenoxy) is 1. The molecule has 0 amide bonds. The second kappa shape index (κ2) is 4.24. The van der Waals surface area contributed by atoms with Gasteiger partial charge in [0.2, 0.25) is 0 Å². The van der Waals surface area contributed by atoms with E-state index in [1.54, 1.807) is 6.26 Å². The summed E-state index contributed by atoms with van der Waals surface area (Å²) in [6.07, 6.45) is 7.50. The summed E-state index contributed by atoms with van der Waals surface area (Å²) in [5.74, 6) is 0. The highest BCUT2D eigenvalue weighted by molar-refractivity contribution is 5.29. The van der Waals surface area contributed by atoms with Crippen LogP contribution >= 0.6 is 0 Å². The van der Waals surface area contributed by atoms with Crippen molar-refractivity contribution in [2.24, 2.45) is 0 Å². The van der Waals surface area contributed by atoms with Gasteiger partial charge in [0.25, 0.3) is 6.01 Å². The van der Waals surface area contributed by atoms with Crippen molar-refractivity contribution in [2.45, 2.75) is 50.5 Å². The fraction of sp³-hybridized carbons (Fsp3) is 0.769. The van der Waals surface area contributed by atoms with Gasteiger partial charge in [0.05, 0.1) is 17.9 Å². The summed E-state index contributed by atoms with van der Waals surface area (Å²) in [5.41, 5.74) is 1.01. The summed E-state index contributed by atoms with van der Waals surface area (Å²) < 4.78 is 11.4. The van der Waals surface area contributed by atoms with E-state index in [0.29, 0.717) is 18.2 Å². The van der Waals surface area contributed by atoms with Gasteiger partial charge in [-0.15, -0.1) is 0 Å². The molecule has 0 aromatic carbocycles. The van der Waals surface area contributed by atoms with Gasteiger partial charge < -0.3 is 19.4 Å². The van der Waals surface area contributed by atoms with Gasteiger partial charge in [-0.2, -0.15) is 4.98 Å². The van der Waals surface area contributed by atoms with Crippen LogP contribution in [-0.4, -0.2) is 36.3 Å². The minimum absolute atomic E-state index is 0.378. The zero-order chi connectivity index (χ0) is 11.9. The van der Waals surface area contributed by atoms with E-state index < -0.39 is 0 Å². The monoisotopic (exact) mass is 249 g/mol. The molecule has 0 spiro atoms. The van der Waals surface area contributed by atoms with Crippen molar-refractivity contribution in [2.75, 3.05) is 18.0 Å². The number of hydrogen-bond donors (Lipinski definition) is 1. The average Bonchev–Trinajstić information content (AvgIpc) is 3.00. The molecule has 2 aliphatic heterocycles. The maximum atomic E-state index is 5.82. The minimum atomic E-state index is 0.378. The highest BCUT2D eigenvalue weighted by Gasteiger charge is 2.35. The molecule has 3 aliphatic rings. The first-order valence-corrected chi connectivity index (χ1v) is 6.95. The van der Waals surface area contributed by atoms with E-state index in [-0.39, 0.29) is 0 Å². The molecule has 18 heavy (non-hydrogen) atoms. The summed E-state index contributed by atoms with van der Waals surface area (Å²) in [7, 11) is 0. The fourth-order valence-electron chi connectivity index (χ4n) is 2.83. The highest BCUT2D eigenvalue weighted by atomic mass is 16.5. The van der Waals surface area contributed by atoms with E-state index in [2.05, 4.69) is 15.2 Å². The van der Waals surface area contributed by atoms with Crippen molar-refractivity contribution >= 4 is 6.01 Å². The molecule has 5 heteroatoms. The smallest absolute Gasteiger partial charge is 0.297 e. The molecule has 2 saturated heterocycles. The number of nitrogens with one attached hydrogen (secondary N) is 1. The first kappa shape index (κ1) is 10.8. The predicted molar refractivity (Wildman–Crippen MR) is 66.5 cm³/mol. The summed E-state index contributed by atoms with van der Waals surface area (Å²) >= 11 is 0. The SMILES string of the molecule is c1oc(N2CC3CCC(C2)O3)nc1CNC1CC1. The van der Waals surface area contributed by atoms with Crippen molar-refractivity contribution < 1.29 is 9.15 Å². The molecule has 1 aliphatic carbocycles. The topological polar surface area (TPSA) is 50.5 Å². The molecule has 2 atom stereocenters. The Morgan fingerprint density at radius 1 is 1.22 bits per heavy atom. The Kier molecular flexibility index (Phi) is 2.55. The Morgan fingerprint density at radius 3 is 2.72 bits per heavy atom. The van der Waals surface area contributed by atoms with Crippen molar-refractivity contribution in [1.82, 2.24) is 10.3 Å². The number of aromatic nitrogens is 1. The number of morpholine rings is 1. The lowest BCUT2D eigenvalue weighted by Crippen LogP contribution is -2.42. The Labute approximate surface area is 107 Å². The van der Waals surface area contributed by atoms with Crippen LogP contribution in [0.3, 0.4) is 0 Å². The number of oxazole rings is 1. The number of anilines is 1. The van der Waals surface area contributed by atoms with Gasteiger partial charge in [-0.25, -0.2) is 0 Å². The molecular weight excluding hydrogens is 230 g/mol. The van der Waals surface area contributed by atoms with Gasteiger partial charge in [0.15, 0.2) is 0 Å². The zero-order valence-electron chi connectivity index (χ0n) is 10.5. The maximum absolute atomic E-state index is 5.82. The Bertz CT molecular complexity index is 418. The molecule has 2 unspecified atom stereocenters. The van der Waals surface area contributed by atoms with Crippen molar-refractivity contribution in [1.29, 1.82) is 0 Å². The number of fused-ring (bicyclic) bond motifs is 2. The van der Waals surface area contributed by atoms with Crippen LogP contribution in [0.5, 0.6) is 0 Å². The first-order valence-electron chi connectivity index (χ1n) is 6.95. The lowest BCUT2D eigenvalue weighted by molar-refractivity contribution is 0.0288. The molecule has 0 radical (unpaired) electrons. The normalized spacial score (nSPS) is 31.0. The molecule has 3 heterocycles. The van der Waals surface area contributed by atoms with E-state index >= 15 is 0 Å². The summed E-state index contributed by atoms with van der Waals surface area (Å²) in [6.45, 7) is 2.67. The Morgan fingerprint density at radius 2 is 2.00 bits per heavy atom. The molecule has 1 saturated carbocycles. The Hall–Kier alpha value is -1.07. The standard InChI is InChI=1S/C13H19N3O2/c1-2-9(1)14-5-10-8-17-13(15-10)16-6-11-3-4-12(7-16)18-11/h8-9,11-12,14H,1-7H2. The minimum Gasteiger partial charge on any atom is -0.432 e. The third kappa shape index (κ3) is 2.12. The third-order valence-corrected chi connectivity index (χ3v) is 4.00. The fourth-order valence-corrected chi connectivity index (χ4v) is 2.83. The third-order valence-electron chi connectivity index (χ3n) is 4.00. The lowest BCUT2D eigenvalue weighted by atomic mass is 10.2. The van der Waals surface area contributed by atoms with E-state index in [1.807, 2.05) is 0 Å². The predicted octanol–water partition coefficient (Wildman–Crippen LogP) is 1.29. The second-order valence-corrected chi connectivity index (χ2v) is 5.64. The number of rotatable bonds is 4.